The molecule has 1 rings (SSSR count). The molecule has 1 amide bonds. The van der Waals surface area contributed by atoms with E-state index in [1.54, 1.807) is 0 Å². The van der Waals surface area contributed by atoms with E-state index in [1.165, 1.54) is 14.0 Å². The highest BCUT2D eigenvalue weighted by atomic mass is 19.2. The summed E-state index contributed by atoms with van der Waals surface area (Å²) in [6.45, 7) is 1.07. The molecule has 0 spiro atoms. The number of aliphatic carboxylic acids is 1. The molecule has 0 aliphatic rings. The van der Waals surface area contributed by atoms with Crippen LogP contribution in [0, 0.1) is 23.4 Å². The van der Waals surface area contributed by atoms with E-state index in [2.05, 4.69) is 0 Å². The molecule has 0 fully saturated rings. The highest BCUT2D eigenvalue weighted by molar-refractivity contribution is 5.95. The zero-order valence-corrected chi connectivity index (χ0v) is 10.7. The van der Waals surface area contributed by atoms with Gasteiger partial charge in [0.2, 0.25) is 5.82 Å². The van der Waals surface area contributed by atoms with Gasteiger partial charge in [0.1, 0.15) is 0 Å². The lowest BCUT2D eigenvalue weighted by Gasteiger charge is -2.20. The Morgan fingerprint density at radius 3 is 2.35 bits per heavy atom. The van der Waals surface area contributed by atoms with Gasteiger partial charge in [-0.1, -0.05) is 6.92 Å². The number of phenols is 1. The molecule has 20 heavy (non-hydrogen) atoms. The zero-order chi connectivity index (χ0) is 15.6. The topological polar surface area (TPSA) is 77.8 Å². The van der Waals surface area contributed by atoms with Crippen molar-refractivity contribution < 1.29 is 33.0 Å². The molecular formula is C12H12F3NO4. The Morgan fingerprint density at radius 1 is 1.30 bits per heavy atom. The summed E-state index contributed by atoms with van der Waals surface area (Å²) in [4.78, 5) is 23.3. The Kier molecular flexibility index (Phi) is 4.59. The third-order valence-corrected chi connectivity index (χ3v) is 2.68. The molecule has 0 saturated heterocycles. The number of nitrogens with zero attached hydrogens (tertiary/aromatic N) is 1. The molecule has 0 aliphatic heterocycles. The third-order valence-electron chi connectivity index (χ3n) is 2.68. The van der Waals surface area contributed by atoms with Gasteiger partial charge in [0.25, 0.3) is 5.91 Å². The van der Waals surface area contributed by atoms with E-state index in [0.717, 1.165) is 4.90 Å². The van der Waals surface area contributed by atoms with Gasteiger partial charge in [-0.15, -0.1) is 0 Å². The monoisotopic (exact) mass is 291 g/mol. The first-order valence-electron chi connectivity index (χ1n) is 5.51. The molecule has 0 aromatic heterocycles. The molecule has 1 aromatic carbocycles. The van der Waals surface area contributed by atoms with Crippen LogP contribution in [0.25, 0.3) is 0 Å². The molecule has 5 nitrogen and oxygen atoms in total. The van der Waals surface area contributed by atoms with E-state index in [4.69, 9.17) is 10.2 Å². The number of phenolic OH excluding ortho intramolecular Hbond substituents is 1. The van der Waals surface area contributed by atoms with Crippen LogP contribution in [0.1, 0.15) is 17.3 Å². The molecule has 0 aliphatic carbocycles. The van der Waals surface area contributed by atoms with Crippen molar-refractivity contribution in [3.8, 4) is 5.75 Å². The van der Waals surface area contributed by atoms with E-state index in [0.29, 0.717) is 6.07 Å². The predicted molar refractivity (Wildman–Crippen MR) is 61.7 cm³/mol. The number of carbonyl (C=O) groups is 2. The fourth-order valence-corrected chi connectivity index (χ4v) is 1.52. The lowest BCUT2D eigenvalue weighted by molar-refractivity contribution is -0.141. The summed E-state index contributed by atoms with van der Waals surface area (Å²) >= 11 is 0. The normalized spacial score (nSPS) is 12.1. The van der Waals surface area contributed by atoms with Crippen LogP contribution in [-0.2, 0) is 4.79 Å². The maximum absolute atomic E-state index is 13.5. The molecule has 1 unspecified atom stereocenters. The molecule has 8 heteroatoms. The number of hydrogen-bond acceptors (Lipinski definition) is 3. The second kappa shape index (κ2) is 5.81. The Balaban J connectivity index is 3.07. The Bertz CT molecular complexity index is 562. The highest BCUT2D eigenvalue weighted by Gasteiger charge is 2.26. The number of benzene rings is 1. The maximum atomic E-state index is 13.5. The molecule has 1 aromatic rings. The average molecular weight is 291 g/mol. The SMILES string of the molecule is CC(CN(C)C(=O)c1cc(F)c(F)c(O)c1F)C(=O)O. The van der Waals surface area contributed by atoms with Crippen LogP contribution >= 0.6 is 0 Å². The quantitative estimate of drug-likeness (QED) is 0.826. The predicted octanol–water partition coefficient (Wildman–Crippen LogP) is 1.60. The van der Waals surface area contributed by atoms with Crippen molar-refractivity contribution in [1.82, 2.24) is 4.90 Å². The number of hydrogen-bond donors (Lipinski definition) is 2. The highest BCUT2D eigenvalue weighted by Crippen LogP contribution is 2.26. The molecule has 0 bridgehead atoms. The molecule has 0 radical (unpaired) electrons. The lowest BCUT2D eigenvalue weighted by Crippen LogP contribution is -2.34. The van der Waals surface area contributed by atoms with Gasteiger partial charge >= 0.3 is 5.97 Å². The van der Waals surface area contributed by atoms with Gasteiger partial charge < -0.3 is 15.1 Å². The number of halogens is 3. The summed E-state index contributed by atoms with van der Waals surface area (Å²) < 4.78 is 39.5. The standard InChI is InChI=1S/C12H12F3NO4/c1-5(12(19)20)4-16(2)11(18)6-3-7(13)9(15)10(17)8(6)14/h3,5,17H,4H2,1-2H3,(H,19,20). The first-order chi connectivity index (χ1) is 9.16. The van der Waals surface area contributed by atoms with E-state index in [-0.39, 0.29) is 6.54 Å². The number of carboxylic acid groups (broad SMARTS) is 1. The summed E-state index contributed by atoms with van der Waals surface area (Å²) in [5.74, 6) is -9.71. The van der Waals surface area contributed by atoms with Crippen molar-refractivity contribution in [3.63, 3.8) is 0 Å². The first kappa shape index (κ1) is 15.8. The fraction of sp³-hybridized carbons (Fsp3) is 0.333. The largest absolute Gasteiger partial charge is 0.503 e. The number of carbonyl (C=O) groups excluding carboxylic acids is 1. The first-order valence-corrected chi connectivity index (χ1v) is 5.51. The number of carboxylic acids is 1. The minimum absolute atomic E-state index is 0.257. The average Bonchev–Trinajstić information content (AvgIpc) is 2.39. The van der Waals surface area contributed by atoms with Crippen molar-refractivity contribution in [2.75, 3.05) is 13.6 Å². The molecule has 110 valence electrons. The van der Waals surface area contributed by atoms with Crippen molar-refractivity contribution in [2.45, 2.75) is 6.92 Å². The number of rotatable bonds is 4. The second-order valence-electron chi connectivity index (χ2n) is 4.31. The van der Waals surface area contributed by atoms with Crippen molar-refractivity contribution in [1.29, 1.82) is 0 Å². The second-order valence-corrected chi connectivity index (χ2v) is 4.31. The van der Waals surface area contributed by atoms with Gasteiger partial charge in [-0.2, -0.15) is 4.39 Å². The van der Waals surface area contributed by atoms with Crippen molar-refractivity contribution >= 4 is 11.9 Å². The smallest absolute Gasteiger partial charge is 0.308 e. The van der Waals surface area contributed by atoms with Crippen LogP contribution in [0.2, 0.25) is 0 Å². The van der Waals surface area contributed by atoms with E-state index in [1.807, 2.05) is 0 Å². The van der Waals surface area contributed by atoms with Crippen molar-refractivity contribution in [2.24, 2.45) is 5.92 Å². The Hall–Kier alpha value is -2.25. The molecule has 0 saturated carbocycles. The van der Waals surface area contributed by atoms with Crippen LogP contribution in [0.15, 0.2) is 6.07 Å². The number of aromatic hydroxyl groups is 1. The van der Waals surface area contributed by atoms with E-state index in [9.17, 15) is 22.8 Å². The summed E-state index contributed by atoms with van der Waals surface area (Å²) in [5, 5.41) is 17.7. The lowest BCUT2D eigenvalue weighted by atomic mass is 10.1. The molecule has 1 atom stereocenters. The zero-order valence-electron chi connectivity index (χ0n) is 10.7. The molecule has 2 N–H and O–H groups in total. The van der Waals surface area contributed by atoms with E-state index >= 15 is 0 Å². The summed E-state index contributed by atoms with van der Waals surface area (Å²) in [5.41, 5.74) is -0.874. The van der Waals surface area contributed by atoms with Crippen LogP contribution in [0.5, 0.6) is 5.75 Å². The third kappa shape index (κ3) is 3.01. The van der Waals surface area contributed by atoms with E-state index < -0.39 is 46.6 Å². The van der Waals surface area contributed by atoms with Gasteiger partial charge in [0, 0.05) is 13.6 Å². The summed E-state index contributed by atoms with van der Waals surface area (Å²) in [6.07, 6.45) is 0. The van der Waals surface area contributed by atoms with Crippen molar-refractivity contribution in [3.05, 3.63) is 29.1 Å². The van der Waals surface area contributed by atoms with Gasteiger partial charge in [-0.3, -0.25) is 9.59 Å². The Labute approximate surface area is 112 Å². The maximum Gasteiger partial charge on any atom is 0.308 e. The molecular weight excluding hydrogens is 279 g/mol. The van der Waals surface area contributed by atoms with Gasteiger partial charge in [0.15, 0.2) is 17.4 Å². The van der Waals surface area contributed by atoms with Crippen LogP contribution < -0.4 is 0 Å². The minimum Gasteiger partial charge on any atom is -0.503 e. The fourth-order valence-electron chi connectivity index (χ4n) is 1.52. The summed E-state index contributed by atoms with van der Waals surface area (Å²) in [6, 6.07) is 0.314. The van der Waals surface area contributed by atoms with Crippen LogP contribution in [0.4, 0.5) is 13.2 Å². The van der Waals surface area contributed by atoms with Gasteiger partial charge in [0.05, 0.1) is 11.5 Å². The van der Waals surface area contributed by atoms with Gasteiger partial charge in [-0.25, -0.2) is 8.78 Å². The van der Waals surface area contributed by atoms with Crippen LogP contribution in [-0.4, -0.2) is 40.6 Å². The molecule has 0 heterocycles. The van der Waals surface area contributed by atoms with Gasteiger partial charge in [-0.05, 0) is 6.07 Å². The number of amides is 1. The van der Waals surface area contributed by atoms with Crippen LogP contribution in [0.3, 0.4) is 0 Å². The summed E-state index contributed by atoms with van der Waals surface area (Å²) in [7, 11) is 1.18. The Morgan fingerprint density at radius 2 is 1.85 bits per heavy atom. The minimum atomic E-state index is -1.79.